The van der Waals surface area contributed by atoms with E-state index in [9.17, 15) is 4.79 Å². The minimum Gasteiger partial charge on any atom is -0.389 e. The molecule has 90 valence electrons. The van der Waals surface area contributed by atoms with E-state index < -0.39 is 0 Å². The van der Waals surface area contributed by atoms with Gasteiger partial charge in [0.2, 0.25) is 5.91 Å². The molecular weight excluding hydrogens is 238 g/mol. The van der Waals surface area contributed by atoms with Gasteiger partial charge in [-0.3, -0.25) is 4.79 Å². The lowest BCUT2D eigenvalue weighted by Crippen LogP contribution is -2.49. The summed E-state index contributed by atoms with van der Waals surface area (Å²) in [6, 6.07) is 1.72. The van der Waals surface area contributed by atoms with Crippen molar-refractivity contribution in [1.82, 2.24) is 15.1 Å². The molecule has 2 heterocycles. The first-order valence-corrected chi connectivity index (χ1v) is 5.61. The molecule has 1 amide bonds. The van der Waals surface area contributed by atoms with E-state index >= 15 is 0 Å². The number of nitrogens with two attached hydrogens (primary N) is 1. The number of hydrogen-bond acceptors (Lipinski definition) is 5. The SMILES string of the molecule is CN1CCN(c2nnccc2C(N)=S)CC1=O. The fourth-order valence-corrected chi connectivity index (χ4v) is 1.85. The van der Waals surface area contributed by atoms with Crippen molar-refractivity contribution in [1.29, 1.82) is 0 Å². The molecule has 0 aromatic carbocycles. The molecule has 0 spiro atoms. The third-order valence-electron chi connectivity index (χ3n) is 2.72. The number of nitrogens with zero attached hydrogens (tertiary/aromatic N) is 4. The molecule has 0 atom stereocenters. The van der Waals surface area contributed by atoms with Gasteiger partial charge in [0.25, 0.3) is 0 Å². The molecule has 1 fully saturated rings. The Balaban J connectivity index is 2.29. The second kappa shape index (κ2) is 4.62. The summed E-state index contributed by atoms with van der Waals surface area (Å²) in [4.78, 5) is 15.4. The molecule has 0 saturated carbocycles. The van der Waals surface area contributed by atoms with E-state index in [-0.39, 0.29) is 17.4 Å². The highest BCUT2D eigenvalue weighted by atomic mass is 32.1. The summed E-state index contributed by atoms with van der Waals surface area (Å²) in [5.41, 5.74) is 6.28. The van der Waals surface area contributed by atoms with Gasteiger partial charge in [-0.05, 0) is 6.07 Å². The molecule has 0 unspecified atom stereocenters. The van der Waals surface area contributed by atoms with Gasteiger partial charge in [0.05, 0.1) is 18.3 Å². The van der Waals surface area contributed by atoms with Crippen LogP contribution in [0.2, 0.25) is 0 Å². The van der Waals surface area contributed by atoms with Crippen LogP contribution in [-0.2, 0) is 4.79 Å². The lowest BCUT2D eigenvalue weighted by molar-refractivity contribution is -0.129. The van der Waals surface area contributed by atoms with Crippen molar-refractivity contribution in [2.24, 2.45) is 5.73 Å². The number of thiocarbonyl (C=S) groups is 1. The Morgan fingerprint density at radius 3 is 2.94 bits per heavy atom. The second-order valence-corrected chi connectivity index (χ2v) is 4.31. The summed E-state index contributed by atoms with van der Waals surface area (Å²) in [6.07, 6.45) is 1.54. The first kappa shape index (κ1) is 11.7. The first-order chi connectivity index (χ1) is 8.09. The van der Waals surface area contributed by atoms with Crippen molar-refractivity contribution in [2.75, 3.05) is 31.6 Å². The molecule has 0 bridgehead atoms. The summed E-state index contributed by atoms with van der Waals surface area (Å²) in [6.45, 7) is 1.65. The Morgan fingerprint density at radius 1 is 1.53 bits per heavy atom. The Hall–Kier alpha value is -1.76. The van der Waals surface area contributed by atoms with Crippen molar-refractivity contribution in [3.05, 3.63) is 17.8 Å². The van der Waals surface area contributed by atoms with Crippen molar-refractivity contribution in [3.63, 3.8) is 0 Å². The Morgan fingerprint density at radius 2 is 2.29 bits per heavy atom. The van der Waals surface area contributed by atoms with Crippen molar-refractivity contribution < 1.29 is 4.79 Å². The largest absolute Gasteiger partial charge is 0.389 e. The fraction of sp³-hybridized carbons (Fsp3) is 0.400. The second-order valence-electron chi connectivity index (χ2n) is 3.87. The number of anilines is 1. The van der Waals surface area contributed by atoms with E-state index in [1.165, 1.54) is 6.20 Å². The highest BCUT2D eigenvalue weighted by Crippen LogP contribution is 2.17. The molecule has 2 rings (SSSR count). The maximum Gasteiger partial charge on any atom is 0.241 e. The summed E-state index contributed by atoms with van der Waals surface area (Å²) in [5.74, 6) is 0.636. The number of aromatic nitrogens is 2. The Kier molecular flexibility index (Phi) is 3.19. The van der Waals surface area contributed by atoms with Gasteiger partial charge in [-0.2, -0.15) is 5.10 Å². The van der Waals surface area contributed by atoms with Crippen LogP contribution in [0, 0.1) is 0 Å². The van der Waals surface area contributed by atoms with Gasteiger partial charge in [-0.1, -0.05) is 12.2 Å². The minimum atomic E-state index is 0.0517. The molecule has 7 heteroatoms. The predicted molar refractivity (Wildman–Crippen MR) is 67.8 cm³/mol. The van der Waals surface area contributed by atoms with Gasteiger partial charge < -0.3 is 15.5 Å². The van der Waals surface area contributed by atoms with E-state index in [1.807, 2.05) is 4.90 Å². The van der Waals surface area contributed by atoms with Crippen LogP contribution in [0.3, 0.4) is 0 Å². The van der Waals surface area contributed by atoms with Crippen LogP contribution in [0.1, 0.15) is 5.56 Å². The maximum absolute atomic E-state index is 11.6. The van der Waals surface area contributed by atoms with Gasteiger partial charge in [-0.25, -0.2) is 0 Å². The lowest BCUT2D eigenvalue weighted by Gasteiger charge is -2.33. The van der Waals surface area contributed by atoms with Crippen LogP contribution in [0.25, 0.3) is 0 Å². The van der Waals surface area contributed by atoms with Crippen molar-refractivity contribution >= 4 is 28.9 Å². The summed E-state index contributed by atoms with van der Waals surface area (Å²) in [7, 11) is 1.78. The summed E-state index contributed by atoms with van der Waals surface area (Å²) < 4.78 is 0. The van der Waals surface area contributed by atoms with Crippen LogP contribution in [-0.4, -0.2) is 52.7 Å². The fourth-order valence-electron chi connectivity index (χ4n) is 1.69. The number of piperazine rings is 1. The van der Waals surface area contributed by atoms with Gasteiger partial charge in [0, 0.05) is 20.1 Å². The van der Waals surface area contributed by atoms with Gasteiger partial charge in [-0.15, -0.1) is 5.10 Å². The molecule has 17 heavy (non-hydrogen) atoms. The van der Waals surface area contributed by atoms with Crippen LogP contribution in [0.5, 0.6) is 0 Å². The maximum atomic E-state index is 11.6. The zero-order valence-corrected chi connectivity index (χ0v) is 10.3. The monoisotopic (exact) mass is 251 g/mol. The Labute approximate surface area is 104 Å². The molecule has 6 nitrogen and oxygen atoms in total. The molecule has 1 aromatic heterocycles. The number of carbonyl (C=O) groups excluding carboxylic acids is 1. The topological polar surface area (TPSA) is 75.3 Å². The first-order valence-electron chi connectivity index (χ1n) is 5.20. The molecule has 2 N–H and O–H groups in total. The van der Waals surface area contributed by atoms with E-state index in [0.717, 1.165) is 0 Å². The number of rotatable bonds is 2. The molecule has 1 saturated heterocycles. The number of carbonyl (C=O) groups is 1. The molecule has 1 aliphatic heterocycles. The highest BCUT2D eigenvalue weighted by Gasteiger charge is 2.24. The lowest BCUT2D eigenvalue weighted by atomic mass is 10.2. The average Bonchev–Trinajstić information content (AvgIpc) is 2.32. The van der Waals surface area contributed by atoms with E-state index in [0.29, 0.717) is 24.5 Å². The zero-order valence-electron chi connectivity index (χ0n) is 9.46. The van der Waals surface area contributed by atoms with Gasteiger partial charge in [0.1, 0.15) is 4.99 Å². The number of likely N-dealkylation sites (N-methyl/N-ethyl adjacent to an activating group) is 1. The summed E-state index contributed by atoms with van der Waals surface area (Å²) >= 11 is 4.96. The van der Waals surface area contributed by atoms with Gasteiger partial charge in [0.15, 0.2) is 5.82 Å². The van der Waals surface area contributed by atoms with Crippen LogP contribution in [0.4, 0.5) is 5.82 Å². The standard InChI is InChI=1S/C10H13N5OS/c1-14-4-5-15(6-8(14)16)10-7(9(11)17)2-3-12-13-10/h2-3H,4-6H2,1H3,(H2,11,17). The summed E-state index contributed by atoms with van der Waals surface area (Å²) in [5, 5.41) is 7.84. The average molecular weight is 251 g/mol. The number of hydrogen-bond donors (Lipinski definition) is 1. The number of amides is 1. The van der Waals surface area contributed by atoms with Crippen LogP contribution < -0.4 is 10.6 Å². The van der Waals surface area contributed by atoms with Gasteiger partial charge >= 0.3 is 0 Å². The highest BCUT2D eigenvalue weighted by molar-refractivity contribution is 7.80. The van der Waals surface area contributed by atoms with E-state index in [1.54, 1.807) is 18.0 Å². The Bertz CT molecular complexity index is 464. The molecule has 1 aromatic rings. The van der Waals surface area contributed by atoms with Crippen LogP contribution >= 0.6 is 12.2 Å². The predicted octanol–water partition coefficient (Wildman–Crippen LogP) is -0.611. The molecule has 1 aliphatic rings. The zero-order chi connectivity index (χ0) is 12.4. The molecule has 0 radical (unpaired) electrons. The van der Waals surface area contributed by atoms with Crippen molar-refractivity contribution in [2.45, 2.75) is 0 Å². The smallest absolute Gasteiger partial charge is 0.241 e. The van der Waals surface area contributed by atoms with E-state index in [2.05, 4.69) is 10.2 Å². The molecule has 0 aliphatic carbocycles. The van der Waals surface area contributed by atoms with Crippen LogP contribution in [0.15, 0.2) is 12.3 Å². The van der Waals surface area contributed by atoms with E-state index in [4.69, 9.17) is 18.0 Å². The van der Waals surface area contributed by atoms with Crippen molar-refractivity contribution in [3.8, 4) is 0 Å². The normalized spacial score (nSPS) is 16.2. The third-order valence-corrected chi connectivity index (χ3v) is 2.94. The third kappa shape index (κ3) is 2.33. The minimum absolute atomic E-state index is 0.0517. The molecular formula is C10H13N5OS. The quantitative estimate of drug-likeness (QED) is 0.707.